The molecule has 0 fully saturated rings. The number of unbranched alkanes of at least 4 members (excludes halogenated alkanes) is 1. The van der Waals surface area contributed by atoms with Crippen LogP contribution >= 0.6 is 11.6 Å². The molecule has 0 saturated heterocycles. The molecule has 0 amide bonds. The first-order valence-electron chi connectivity index (χ1n) is 4.14. The molecule has 1 N–H and O–H groups in total. The first kappa shape index (κ1) is 9.33. The molecule has 0 aliphatic carbocycles. The van der Waals surface area contributed by atoms with Crippen molar-refractivity contribution in [2.45, 2.75) is 26.3 Å². The van der Waals surface area contributed by atoms with Gasteiger partial charge in [0, 0.05) is 24.5 Å². The van der Waals surface area contributed by atoms with Crippen molar-refractivity contribution in [2.75, 3.05) is 0 Å². The zero-order valence-electron chi connectivity index (χ0n) is 7.18. The molecule has 12 heavy (non-hydrogen) atoms. The zero-order valence-corrected chi connectivity index (χ0v) is 7.93. The second-order valence-corrected chi connectivity index (χ2v) is 3.11. The molecule has 0 radical (unpaired) electrons. The Morgan fingerprint density at radius 2 is 2.42 bits per heavy atom. The van der Waals surface area contributed by atoms with Gasteiger partial charge in [0.25, 0.3) is 0 Å². The van der Waals surface area contributed by atoms with Gasteiger partial charge in [0.2, 0.25) is 0 Å². The standard InChI is InChI=1S/C9H13ClN2/c1-2-3-5-12-6-4-8(7-11)9(12)10/h4,6-7,11H,2-3,5H2,1H3. The Morgan fingerprint density at radius 1 is 1.67 bits per heavy atom. The van der Waals surface area contributed by atoms with Gasteiger partial charge in [-0.2, -0.15) is 0 Å². The number of aryl methyl sites for hydroxylation is 1. The van der Waals surface area contributed by atoms with Gasteiger partial charge >= 0.3 is 0 Å². The van der Waals surface area contributed by atoms with Crippen LogP contribution in [0.2, 0.25) is 5.15 Å². The van der Waals surface area contributed by atoms with Gasteiger partial charge in [-0.15, -0.1) is 0 Å². The van der Waals surface area contributed by atoms with Gasteiger partial charge in [0.1, 0.15) is 5.15 Å². The maximum absolute atomic E-state index is 7.05. The topological polar surface area (TPSA) is 28.8 Å². The van der Waals surface area contributed by atoms with E-state index < -0.39 is 0 Å². The van der Waals surface area contributed by atoms with Crippen LogP contribution in [0.3, 0.4) is 0 Å². The van der Waals surface area contributed by atoms with Gasteiger partial charge in [0.05, 0.1) is 0 Å². The molecule has 0 aromatic carbocycles. The first-order valence-corrected chi connectivity index (χ1v) is 4.52. The van der Waals surface area contributed by atoms with E-state index in [0.717, 1.165) is 24.9 Å². The number of halogens is 1. The molecule has 66 valence electrons. The highest BCUT2D eigenvalue weighted by Crippen LogP contribution is 2.16. The van der Waals surface area contributed by atoms with Crippen LogP contribution < -0.4 is 0 Å². The van der Waals surface area contributed by atoms with Crippen LogP contribution in [0.5, 0.6) is 0 Å². The molecule has 2 nitrogen and oxygen atoms in total. The number of aromatic nitrogens is 1. The minimum atomic E-state index is 0.679. The number of nitrogens with zero attached hydrogens (tertiary/aromatic N) is 1. The minimum absolute atomic E-state index is 0.679. The third kappa shape index (κ3) is 1.89. The highest BCUT2D eigenvalue weighted by atomic mass is 35.5. The Labute approximate surface area is 77.7 Å². The maximum atomic E-state index is 7.05. The summed E-state index contributed by atoms with van der Waals surface area (Å²) < 4.78 is 1.98. The lowest BCUT2D eigenvalue weighted by molar-refractivity contribution is 0.635. The van der Waals surface area contributed by atoms with Crippen LogP contribution in [-0.4, -0.2) is 10.8 Å². The monoisotopic (exact) mass is 184 g/mol. The smallest absolute Gasteiger partial charge is 0.117 e. The van der Waals surface area contributed by atoms with Crippen molar-refractivity contribution in [1.82, 2.24) is 4.57 Å². The van der Waals surface area contributed by atoms with E-state index in [2.05, 4.69) is 6.92 Å². The second kappa shape index (κ2) is 4.31. The molecule has 1 aromatic rings. The van der Waals surface area contributed by atoms with Crippen molar-refractivity contribution in [3.8, 4) is 0 Å². The molecule has 0 aliphatic rings. The largest absolute Gasteiger partial charge is 0.338 e. The van der Waals surface area contributed by atoms with E-state index in [-0.39, 0.29) is 0 Å². The van der Waals surface area contributed by atoms with Crippen molar-refractivity contribution in [2.24, 2.45) is 0 Å². The molecule has 3 heteroatoms. The van der Waals surface area contributed by atoms with E-state index in [1.54, 1.807) is 0 Å². The van der Waals surface area contributed by atoms with Gasteiger partial charge in [-0.05, 0) is 12.5 Å². The normalized spacial score (nSPS) is 10.2. The zero-order chi connectivity index (χ0) is 8.97. The quantitative estimate of drug-likeness (QED) is 0.698. The summed E-state index contributed by atoms with van der Waals surface area (Å²) in [4.78, 5) is 0. The summed E-state index contributed by atoms with van der Waals surface area (Å²) in [7, 11) is 0. The molecule has 0 spiro atoms. The fourth-order valence-corrected chi connectivity index (χ4v) is 1.34. The molecule has 0 unspecified atom stereocenters. The van der Waals surface area contributed by atoms with Crippen LogP contribution in [0, 0.1) is 5.41 Å². The second-order valence-electron chi connectivity index (χ2n) is 2.75. The predicted octanol–water partition coefficient (Wildman–Crippen LogP) is 2.94. The van der Waals surface area contributed by atoms with Gasteiger partial charge in [-0.1, -0.05) is 24.9 Å². The average Bonchev–Trinajstić information content (AvgIpc) is 2.43. The molecular weight excluding hydrogens is 172 g/mol. The van der Waals surface area contributed by atoms with E-state index in [0.29, 0.717) is 5.15 Å². The molecule has 1 heterocycles. The van der Waals surface area contributed by atoms with E-state index in [1.165, 1.54) is 6.21 Å². The van der Waals surface area contributed by atoms with Crippen molar-refractivity contribution in [3.05, 3.63) is 23.0 Å². The third-order valence-electron chi connectivity index (χ3n) is 1.83. The van der Waals surface area contributed by atoms with Crippen molar-refractivity contribution in [3.63, 3.8) is 0 Å². The van der Waals surface area contributed by atoms with Gasteiger partial charge in [-0.25, -0.2) is 0 Å². The Bertz CT molecular complexity index is 265. The molecule has 0 saturated carbocycles. The summed E-state index contributed by atoms with van der Waals surface area (Å²) in [5.41, 5.74) is 0.799. The van der Waals surface area contributed by atoms with E-state index in [1.807, 2.05) is 16.8 Å². The molecule has 0 bridgehead atoms. The Hall–Kier alpha value is -0.760. The fourth-order valence-electron chi connectivity index (χ4n) is 1.08. The molecule has 0 atom stereocenters. The number of rotatable bonds is 4. The Morgan fingerprint density at radius 3 is 2.92 bits per heavy atom. The lowest BCUT2D eigenvalue weighted by Crippen LogP contribution is -1.95. The molecule has 1 aromatic heterocycles. The Balaban J connectivity index is 2.72. The fraction of sp³-hybridized carbons (Fsp3) is 0.444. The first-order chi connectivity index (χ1) is 5.79. The summed E-state index contributed by atoms with van der Waals surface area (Å²) in [6.07, 6.45) is 5.50. The molecule has 1 rings (SSSR count). The van der Waals surface area contributed by atoms with Gasteiger partial charge in [-0.3, -0.25) is 0 Å². The number of nitrogens with one attached hydrogen (secondary N) is 1. The van der Waals surface area contributed by atoms with Crippen molar-refractivity contribution >= 4 is 17.8 Å². The molecular formula is C9H13ClN2. The van der Waals surface area contributed by atoms with Crippen LogP contribution in [0.15, 0.2) is 12.3 Å². The van der Waals surface area contributed by atoms with Gasteiger partial charge < -0.3 is 9.98 Å². The lowest BCUT2D eigenvalue weighted by atomic mass is 10.3. The summed E-state index contributed by atoms with van der Waals surface area (Å²) in [5.74, 6) is 0. The van der Waals surface area contributed by atoms with Crippen LogP contribution in [0.4, 0.5) is 0 Å². The van der Waals surface area contributed by atoms with Crippen molar-refractivity contribution < 1.29 is 0 Å². The lowest BCUT2D eigenvalue weighted by Gasteiger charge is -2.02. The number of hydrogen-bond acceptors (Lipinski definition) is 1. The summed E-state index contributed by atoms with van der Waals surface area (Å²) in [5, 5.41) is 7.73. The third-order valence-corrected chi connectivity index (χ3v) is 2.27. The average molecular weight is 185 g/mol. The highest BCUT2D eigenvalue weighted by Gasteiger charge is 2.02. The number of hydrogen-bond donors (Lipinski definition) is 1. The summed E-state index contributed by atoms with van der Waals surface area (Å²) in [6.45, 7) is 3.10. The minimum Gasteiger partial charge on any atom is -0.338 e. The van der Waals surface area contributed by atoms with Crippen LogP contribution in [0.1, 0.15) is 25.3 Å². The van der Waals surface area contributed by atoms with E-state index in [4.69, 9.17) is 17.0 Å². The van der Waals surface area contributed by atoms with E-state index in [9.17, 15) is 0 Å². The van der Waals surface area contributed by atoms with Crippen LogP contribution in [-0.2, 0) is 6.54 Å². The highest BCUT2D eigenvalue weighted by molar-refractivity contribution is 6.32. The predicted molar refractivity (Wildman–Crippen MR) is 52.2 cm³/mol. The van der Waals surface area contributed by atoms with Crippen molar-refractivity contribution in [1.29, 1.82) is 5.41 Å². The van der Waals surface area contributed by atoms with Gasteiger partial charge in [0.15, 0.2) is 0 Å². The SMILES string of the molecule is CCCCn1ccc(C=N)c1Cl. The maximum Gasteiger partial charge on any atom is 0.117 e. The summed E-state index contributed by atoms with van der Waals surface area (Å²) in [6, 6.07) is 1.87. The molecule has 0 aliphatic heterocycles. The summed E-state index contributed by atoms with van der Waals surface area (Å²) >= 11 is 5.97. The van der Waals surface area contributed by atoms with Crippen LogP contribution in [0.25, 0.3) is 0 Å². The van der Waals surface area contributed by atoms with E-state index >= 15 is 0 Å². The Kier molecular flexibility index (Phi) is 3.35.